The van der Waals surface area contributed by atoms with Crippen LogP contribution < -0.4 is 19.9 Å². The smallest absolute Gasteiger partial charge is 0.433 e. The van der Waals surface area contributed by atoms with Crippen LogP contribution in [-0.4, -0.2) is 31.9 Å². The number of nitrogens with one attached hydrogen (secondary N) is 1. The number of amides is 1. The lowest BCUT2D eigenvalue weighted by molar-refractivity contribution is 0.0578. The number of esters is 1. The zero-order valence-corrected chi connectivity index (χ0v) is 24.7. The maximum absolute atomic E-state index is 13.9. The minimum atomic E-state index is -1.02. The molecule has 4 aromatic rings. The van der Waals surface area contributed by atoms with Crippen molar-refractivity contribution < 1.29 is 41.7 Å². The van der Waals surface area contributed by atoms with E-state index in [0.717, 1.165) is 17.1 Å². The van der Waals surface area contributed by atoms with Crippen molar-refractivity contribution >= 4 is 23.4 Å². The van der Waals surface area contributed by atoms with Crippen molar-refractivity contribution in [3.05, 3.63) is 107 Å². The first-order valence-corrected chi connectivity index (χ1v) is 13.4. The summed E-state index contributed by atoms with van der Waals surface area (Å²) in [5.41, 5.74) is 4.03. The van der Waals surface area contributed by atoms with Crippen LogP contribution in [0.15, 0.2) is 78.9 Å². The van der Waals surface area contributed by atoms with Crippen molar-refractivity contribution in [1.82, 2.24) is 0 Å². The van der Waals surface area contributed by atoms with Gasteiger partial charge in [0.25, 0.3) is 0 Å². The van der Waals surface area contributed by atoms with Crippen LogP contribution >= 0.6 is 0 Å². The molecule has 11 heteroatoms. The van der Waals surface area contributed by atoms with Crippen molar-refractivity contribution in [2.45, 2.75) is 33.0 Å². The van der Waals surface area contributed by atoms with E-state index in [1.54, 1.807) is 57.2 Å². The Morgan fingerprint density at radius 2 is 1.52 bits per heavy atom. The largest absolute Gasteiger partial charge is 0.496 e. The van der Waals surface area contributed by atoms with E-state index < -0.39 is 35.1 Å². The molecule has 8 nitrogen and oxygen atoms in total. The molecule has 0 saturated carbocycles. The Bertz CT molecular complexity index is 1640. The van der Waals surface area contributed by atoms with E-state index in [-0.39, 0.29) is 29.3 Å². The Morgan fingerprint density at radius 3 is 2.14 bits per heavy atom. The fourth-order valence-electron chi connectivity index (χ4n) is 4.17. The molecule has 0 bridgehead atoms. The van der Waals surface area contributed by atoms with Crippen LogP contribution in [0.3, 0.4) is 0 Å². The van der Waals surface area contributed by atoms with Crippen LogP contribution in [0.5, 0.6) is 11.5 Å². The molecule has 230 valence electrons. The van der Waals surface area contributed by atoms with Gasteiger partial charge in [-0.1, -0.05) is 24.3 Å². The van der Waals surface area contributed by atoms with E-state index in [1.165, 1.54) is 44.6 Å². The molecule has 4 aromatic carbocycles. The first-order chi connectivity index (χ1) is 20.9. The fourth-order valence-corrected chi connectivity index (χ4v) is 4.17. The first kappa shape index (κ1) is 31.7. The molecule has 0 fully saturated rings. The number of benzene rings is 4. The number of ether oxygens (including phenoxy) is 4. The van der Waals surface area contributed by atoms with Crippen LogP contribution in [0.2, 0.25) is 0 Å². The highest BCUT2D eigenvalue weighted by atomic mass is 19.2. The number of halogens is 3. The number of para-hydroxylation sites is 1. The minimum absolute atomic E-state index is 0.0629. The number of nitrogens with zero attached hydrogens (tertiary/aromatic N) is 1. The average Bonchev–Trinajstić information content (AvgIpc) is 2.99. The average molecular weight is 609 g/mol. The van der Waals surface area contributed by atoms with Crippen LogP contribution in [0, 0.1) is 17.5 Å². The molecule has 0 aliphatic carbocycles. The highest BCUT2D eigenvalue weighted by Crippen LogP contribution is 2.34. The van der Waals surface area contributed by atoms with E-state index in [1.807, 2.05) is 0 Å². The minimum Gasteiger partial charge on any atom is -0.496 e. The highest BCUT2D eigenvalue weighted by molar-refractivity contribution is 5.99. The van der Waals surface area contributed by atoms with Gasteiger partial charge in [0.2, 0.25) is 0 Å². The summed E-state index contributed by atoms with van der Waals surface area (Å²) in [4.78, 5) is 26.0. The van der Waals surface area contributed by atoms with E-state index in [2.05, 4.69) is 5.43 Å². The Kier molecular flexibility index (Phi) is 9.67. The lowest BCUT2D eigenvalue weighted by Crippen LogP contribution is -2.41. The first-order valence-electron chi connectivity index (χ1n) is 13.4. The van der Waals surface area contributed by atoms with Gasteiger partial charge in [0.1, 0.15) is 29.5 Å². The lowest BCUT2D eigenvalue weighted by Gasteiger charge is -2.29. The van der Waals surface area contributed by atoms with Gasteiger partial charge in [-0.2, -0.15) is 5.01 Å². The van der Waals surface area contributed by atoms with Crippen molar-refractivity contribution in [1.29, 1.82) is 0 Å². The van der Waals surface area contributed by atoms with Crippen LogP contribution in [0.1, 0.15) is 36.7 Å². The second kappa shape index (κ2) is 13.4. The zero-order chi connectivity index (χ0) is 32.0. The molecule has 0 spiro atoms. The normalized spacial score (nSPS) is 11.0. The summed E-state index contributed by atoms with van der Waals surface area (Å²) in [6, 6.07) is 18.6. The molecule has 1 amide bonds. The van der Waals surface area contributed by atoms with Gasteiger partial charge in [-0.25, -0.2) is 22.8 Å². The summed E-state index contributed by atoms with van der Waals surface area (Å²) in [5, 5.41) is 1.06. The maximum atomic E-state index is 13.9. The Morgan fingerprint density at radius 1 is 0.864 bits per heavy atom. The molecule has 0 aromatic heterocycles. The van der Waals surface area contributed by atoms with Crippen LogP contribution in [0.25, 0.3) is 11.1 Å². The lowest BCUT2D eigenvalue weighted by atomic mass is 10.0. The maximum Gasteiger partial charge on any atom is 0.433 e. The third-order valence-electron chi connectivity index (χ3n) is 6.24. The molecule has 44 heavy (non-hydrogen) atoms. The van der Waals surface area contributed by atoms with E-state index >= 15 is 0 Å². The molecule has 0 saturated heterocycles. The van der Waals surface area contributed by atoms with E-state index in [0.29, 0.717) is 22.4 Å². The number of anilines is 2. The number of hydrogen-bond acceptors (Lipinski definition) is 7. The Balaban J connectivity index is 1.65. The summed E-state index contributed by atoms with van der Waals surface area (Å²) >= 11 is 0. The summed E-state index contributed by atoms with van der Waals surface area (Å²) in [7, 11) is 2.59. The van der Waals surface area contributed by atoms with Gasteiger partial charge >= 0.3 is 12.1 Å². The zero-order valence-electron chi connectivity index (χ0n) is 24.7. The fraction of sp³-hybridized carbons (Fsp3) is 0.212. The molecule has 0 atom stereocenters. The summed E-state index contributed by atoms with van der Waals surface area (Å²) < 4.78 is 63.0. The van der Waals surface area contributed by atoms with Gasteiger partial charge in [0.05, 0.1) is 31.2 Å². The van der Waals surface area contributed by atoms with Gasteiger partial charge in [-0.15, -0.1) is 0 Å². The quantitative estimate of drug-likeness (QED) is 0.153. The second-order valence-corrected chi connectivity index (χ2v) is 10.5. The van der Waals surface area contributed by atoms with Gasteiger partial charge in [-0.3, -0.25) is 5.43 Å². The van der Waals surface area contributed by atoms with Crippen molar-refractivity contribution in [3.63, 3.8) is 0 Å². The molecule has 0 heterocycles. The summed E-state index contributed by atoms with van der Waals surface area (Å²) in [5.74, 6) is -2.62. The molecule has 0 radical (unpaired) electrons. The number of carbonyl (C=O) groups excluding carboxylic acids is 2. The van der Waals surface area contributed by atoms with Crippen molar-refractivity contribution in [2.75, 3.05) is 24.7 Å². The SMILES string of the molecule is COC(=O)c1cccc(COc2ccc(-c3cc(F)c(F)cc3OC)cc2)c1NN(C(=O)OC(C)(C)C)c1ccc(F)cc1. The number of hydrazine groups is 1. The van der Waals surface area contributed by atoms with E-state index in [4.69, 9.17) is 18.9 Å². The number of carbonyl (C=O) groups is 2. The number of hydrogen-bond donors (Lipinski definition) is 1. The third-order valence-corrected chi connectivity index (χ3v) is 6.24. The summed E-state index contributed by atoms with van der Waals surface area (Å²) in [6.45, 7) is 5.03. The monoisotopic (exact) mass is 608 g/mol. The Hall–Kier alpha value is -5.19. The molecule has 4 rings (SSSR count). The molecule has 0 unspecified atom stereocenters. The topological polar surface area (TPSA) is 86.3 Å². The highest BCUT2D eigenvalue weighted by Gasteiger charge is 2.27. The van der Waals surface area contributed by atoms with Gasteiger partial charge in [-0.05, 0) is 74.9 Å². The van der Waals surface area contributed by atoms with Gasteiger partial charge in [0, 0.05) is 17.2 Å². The number of methoxy groups -OCH3 is 2. The van der Waals surface area contributed by atoms with Gasteiger partial charge in [0.15, 0.2) is 11.6 Å². The molecular formula is C33H31F3N2O6. The third kappa shape index (κ3) is 7.60. The van der Waals surface area contributed by atoms with Crippen LogP contribution in [-0.2, 0) is 16.1 Å². The standard InChI is InChI=1S/C33H31F3N2O6/c1-33(2,3)44-32(40)38(23-13-11-22(34)12-14-23)37-30-21(7-6-8-25(30)31(39)42-5)19-43-24-15-9-20(10-16-24)26-17-27(35)28(36)18-29(26)41-4/h6-18,37H,19H2,1-5H3. The molecule has 1 N–H and O–H groups in total. The molecule has 0 aliphatic rings. The van der Waals surface area contributed by atoms with Gasteiger partial charge < -0.3 is 18.9 Å². The predicted molar refractivity (Wildman–Crippen MR) is 159 cm³/mol. The van der Waals surface area contributed by atoms with Crippen molar-refractivity contribution in [3.8, 4) is 22.6 Å². The Labute approximate surface area is 252 Å². The van der Waals surface area contributed by atoms with Crippen molar-refractivity contribution in [2.24, 2.45) is 0 Å². The second-order valence-electron chi connectivity index (χ2n) is 10.5. The van der Waals surface area contributed by atoms with Crippen LogP contribution in [0.4, 0.5) is 29.3 Å². The molecular weight excluding hydrogens is 577 g/mol. The molecule has 0 aliphatic heterocycles. The predicted octanol–water partition coefficient (Wildman–Crippen LogP) is 7.91. The summed E-state index contributed by atoms with van der Waals surface area (Å²) in [6.07, 6.45) is -0.807. The number of rotatable bonds is 9. The van der Waals surface area contributed by atoms with E-state index in [9.17, 15) is 22.8 Å².